The SMILES string of the molecule is OCCCCCNc1cnc(-c2cccc(-c3ccccc3)c2F)cn1. The van der Waals surface area contributed by atoms with Gasteiger partial charge in [-0.2, -0.15) is 0 Å². The number of aliphatic hydroxyl groups is 1. The number of rotatable bonds is 8. The van der Waals surface area contributed by atoms with Gasteiger partial charge in [-0.15, -0.1) is 0 Å². The minimum Gasteiger partial charge on any atom is -0.396 e. The number of anilines is 1. The third-order valence-corrected chi connectivity index (χ3v) is 4.15. The lowest BCUT2D eigenvalue weighted by molar-refractivity contribution is 0.283. The van der Waals surface area contributed by atoms with E-state index in [1.165, 1.54) is 0 Å². The Morgan fingerprint density at radius 1 is 0.846 bits per heavy atom. The molecule has 0 bridgehead atoms. The van der Waals surface area contributed by atoms with Crippen molar-refractivity contribution in [3.8, 4) is 22.4 Å². The molecule has 0 radical (unpaired) electrons. The van der Waals surface area contributed by atoms with E-state index < -0.39 is 0 Å². The Hall–Kier alpha value is -2.79. The fourth-order valence-electron chi connectivity index (χ4n) is 2.76. The van der Waals surface area contributed by atoms with Crippen LogP contribution >= 0.6 is 0 Å². The number of hydrogen-bond donors (Lipinski definition) is 2. The maximum absolute atomic E-state index is 15.0. The molecule has 0 aliphatic heterocycles. The molecule has 0 saturated carbocycles. The van der Waals surface area contributed by atoms with E-state index in [1.54, 1.807) is 24.5 Å². The van der Waals surface area contributed by atoms with E-state index in [4.69, 9.17) is 5.11 Å². The van der Waals surface area contributed by atoms with Crippen molar-refractivity contribution in [3.63, 3.8) is 0 Å². The Labute approximate surface area is 152 Å². The lowest BCUT2D eigenvalue weighted by Crippen LogP contribution is -2.04. The predicted octanol–water partition coefficient (Wildman–Crippen LogP) is 4.52. The molecular weight excluding hydrogens is 329 g/mol. The van der Waals surface area contributed by atoms with Gasteiger partial charge in [0.15, 0.2) is 0 Å². The van der Waals surface area contributed by atoms with E-state index in [9.17, 15) is 4.39 Å². The monoisotopic (exact) mass is 351 g/mol. The standard InChI is InChI=1S/C21H22FN3O/c22-21-17(16-8-3-1-4-9-16)10-7-11-18(21)19-14-25-20(15-24-19)23-12-5-2-6-13-26/h1,3-4,7-11,14-15,26H,2,5-6,12-13H2,(H,23,25). The molecule has 3 aromatic rings. The largest absolute Gasteiger partial charge is 0.396 e. The highest BCUT2D eigenvalue weighted by atomic mass is 19.1. The molecule has 0 unspecified atom stereocenters. The zero-order valence-electron chi connectivity index (χ0n) is 14.5. The fraction of sp³-hybridized carbons (Fsp3) is 0.238. The van der Waals surface area contributed by atoms with Crippen LogP contribution in [0, 0.1) is 5.82 Å². The second-order valence-electron chi connectivity index (χ2n) is 6.03. The highest BCUT2D eigenvalue weighted by Crippen LogP contribution is 2.29. The van der Waals surface area contributed by atoms with Gasteiger partial charge in [0.25, 0.3) is 0 Å². The summed E-state index contributed by atoms with van der Waals surface area (Å²) in [6, 6.07) is 14.8. The van der Waals surface area contributed by atoms with E-state index in [-0.39, 0.29) is 12.4 Å². The van der Waals surface area contributed by atoms with E-state index in [1.807, 2.05) is 36.4 Å². The zero-order chi connectivity index (χ0) is 18.2. The summed E-state index contributed by atoms with van der Waals surface area (Å²) in [6.07, 6.45) is 5.94. The van der Waals surface area contributed by atoms with Gasteiger partial charge in [0.2, 0.25) is 0 Å². The Morgan fingerprint density at radius 2 is 1.65 bits per heavy atom. The summed E-state index contributed by atoms with van der Waals surface area (Å²) in [7, 11) is 0. The van der Waals surface area contributed by atoms with Crippen LogP contribution in [-0.2, 0) is 0 Å². The summed E-state index contributed by atoms with van der Waals surface area (Å²) in [6.45, 7) is 0.994. The number of benzene rings is 2. The first-order valence-corrected chi connectivity index (χ1v) is 8.80. The average molecular weight is 351 g/mol. The van der Waals surface area contributed by atoms with Crippen molar-refractivity contribution < 1.29 is 9.50 Å². The smallest absolute Gasteiger partial charge is 0.144 e. The van der Waals surface area contributed by atoms with Gasteiger partial charge >= 0.3 is 0 Å². The van der Waals surface area contributed by atoms with Gasteiger partial charge in [-0.3, -0.25) is 4.98 Å². The number of nitrogens with zero attached hydrogens (tertiary/aromatic N) is 2. The number of hydrogen-bond acceptors (Lipinski definition) is 4. The molecule has 0 spiro atoms. The Kier molecular flexibility index (Phi) is 6.28. The van der Waals surface area contributed by atoms with E-state index in [0.29, 0.717) is 22.6 Å². The summed E-state index contributed by atoms with van der Waals surface area (Å²) < 4.78 is 15.0. The zero-order valence-corrected chi connectivity index (χ0v) is 14.5. The maximum atomic E-state index is 15.0. The lowest BCUT2D eigenvalue weighted by Gasteiger charge is -2.09. The molecule has 0 aliphatic rings. The second-order valence-corrected chi connectivity index (χ2v) is 6.03. The minimum atomic E-state index is -0.294. The van der Waals surface area contributed by atoms with Crippen molar-refractivity contribution in [2.24, 2.45) is 0 Å². The average Bonchev–Trinajstić information content (AvgIpc) is 2.69. The van der Waals surface area contributed by atoms with Gasteiger partial charge < -0.3 is 10.4 Å². The third-order valence-electron chi connectivity index (χ3n) is 4.15. The molecular formula is C21H22FN3O. The Balaban J connectivity index is 1.73. The van der Waals surface area contributed by atoms with Crippen molar-refractivity contribution in [1.82, 2.24) is 9.97 Å². The van der Waals surface area contributed by atoms with Crippen LogP contribution in [-0.4, -0.2) is 28.2 Å². The van der Waals surface area contributed by atoms with Gasteiger partial charge in [0.1, 0.15) is 11.6 Å². The van der Waals surface area contributed by atoms with Crippen LogP contribution < -0.4 is 5.32 Å². The highest BCUT2D eigenvalue weighted by Gasteiger charge is 2.12. The highest BCUT2D eigenvalue weighted by molar-refractivity contribution is 5.72. The first-order valence-electron chi connectivity index (χ1n) is 8.80. The number of nitrogens with one attached hydrogen (secondary N) is 1. The molecule has 3 rings (SSSR count). The van der Waals surface area contributed by atoms with Gasteiger partial charge in [-0.05, 0) is 30.9 Å². The van der Waals surface area contributed by atoms with Gasteiger partial charge in [-0.25, -0.2) is 9.37 Å². The van der Waals surface area contributed by atoms with Crippen LogP contribution in [0.15, 0.2) is 60.9 Å². The molecule has 134 valence electrons. The Bertz CT molecular complexity index is 822. The van der Waals surface area contributed by atoms with E-state index in [2.05, 4.69) is 15.3 Å². The molecule has 5 heteroatoms. The van der Waals surface area contributed by atoms with Crippen molar-refractivity contribution >= 4 is 5.82 Å². The summed E-state index contributed by atoms with van der Waals surface area (Å²) in [5.74, 6) is 0.370. The van der Waals surface area contributed by atoms with Crippen LogP contribution in [0.4, 0.5) is 10.2 Å². The lowest BCUT2D eigenvalue weighted by atomic mass is 10.0. The van der Waals surface area contributed by atoms with Crippen molar-refractivity contribution in [2.45, 2.75) is 19.3 Å². The summed E-state index contributed by atoms with van der Waals surface area (Å²) >= 11 is 0. The van der Waals surface area contributed by atoms with Crippen LogP contribution in [0.3, 0.4) is 0 Å². The van der Waals surface area contributed by atoms with Crippen molar-refractivity contribution in [1.29, 1.82) is 0 Å². The molecule has 1 aromatic heterocycles. The molecule has 2 N–H and O–H groups in total. The summed E-state index contributed by atoms with van der Waals surface area (Å²) in [4.78, 5) is 8.68. The number of halogens is 1. The van der Waals surface area contributed by atoms with Crippen LogP contribution in [0.1, 0.15) is 19.3 Å². The van der Waals surface area contributed by atoms with Crippen LogP contribution in [0.25, 0.3) is 22.4 Å². The van der Waals surface area contributed by atoms with Gasteiger partial charge in [0, 0.05) is 24.3 Å². The molecule has 1 heterocycles. The third kappa shape index (κ3) is 4.43. The molecule has 0 amide bonds. The van der Waals surface area contributed by atoms with Crippen molar-refractivity contribution in [3.05, 3.63) is 66.7 Å². The second kappa shape index (κ2) is 9.06. The maximum Gasteiger partial charge on any atom is 0.144 e. The van der Waals surface area contributed by atoms with Gasteiger partial charge in [-0.1, -0.05) is 42.5 Å². The minimum absolute atomic E-state index is 0.224. The molecule has 0 aliphatic carbocycles. The number of aromatic nitrogens is 2. The first kappa shape index (κ1) is 18.0. The van der Waals surface area contributed by atoms with E-state index >= 15 is 0 Å². The predicted molar refractivity (Wildman–Crippen MR) is 102 cm³/mol. The Morgan fingerprint density at radius 3 is 2.38 bits per heavy atom. The number of unbranched alkanes of at least 4 members (excludes halogenated alkanes) is 2. The van der Waals surface area contributed by atoms with Crippen molar-refractivity contribution in [2.75, 3.05) is 18.5 Å². The van der Waals surface area contributed by atoms with Gasteiger partial charge in [0.05, 0.1) is 18.1 Å². The molecule has 4 nitrogen and oxygen atoms in total. The van der Waals surface area contributed by atoms with Crippen LogP contribution in [0.5, 0.6) is 0 Å². The molecule has 26 heavy (non-hydrogen) atoms. The summed E-state index contributed by atoms with van der Waals surface area (Å²) in [5.41, 5.74) is 2.33. The normalized spacial score (nSPS) is 10.7. The number of aliphatic hydroxyl groups excluding tert-OH is 1. The molecule has 0 saturated heterocycles. The molecule has 0 atom stereocenters. The summed E-state index contributed by atoms with van der Waals surface area (Å²) in [5, 5.41) is 11.9. The van der Waals surface area contributed by atoms with E-state index in [0.717, 1.165) is 31.4 Å². The fourth-order valence-corrected chi connectivity index (χ4v) is 2.76. The first-order chi connectivity index (χ1) is 12.8. The molecule has 2 aromatic carbocycles. The van der Waals surface area contributed by atoms with Crippen LogP contribution in [0.2, 0.25) is 0 Å². The topological polar surface area (TPSA) is 58.0 Å². The quantitative estimate of drug-likeness (QED) is 0.586. The molecule has 0 fully saturated rings.